The highest BCUT2D eigenvalue weighted by Crippen LogP contribution is 2.32. The summed E-state index contributed by atoms with van der Waals surface area (Å²) in [6.45, 7) is 9.89. The van der Waals surface area contributed by atoms with Crippen LogP contribution in [-0.2, 0) is 0 Å². The number of amides is 2. The lowest BCUT2D eigenvalue weighted by molar-refractivity contribution is 0.209. The van der Waals surface area contributed by atoms with Gasteiger partial charge < -0.3 is 15.2 Å². The Morgan fingerprint density at radius 2 is 2.00 bits per heavy atom. The highest BCUT2D eigenvalue weighted by Gasteiger charge is 2.22. The maximum atomic E-state index is 12.5. The Balaban J connectivity index is 2.14. The lowest BCUT2D eigenvalue weighted by atomic mass is 10.2. The number of H-pyrrole nitrogens is 1. The van der Waals surface area contributed by atoms with Crippen LogP contribution in [0.15, 0.2) is 17.1 Å². The normalized spacial score (nSPS) is 12.3. The third-order valence-corrected chi connectivity index (χ3v) is 5.59. The van der Waals surface area contributed by atoms with Crippen LogP contribution in [0.2, 0.25) is 0 Å². The summed E-state index contributed by atoms with van der Waals surface area (Å²) >= 11 is 1.65. The Bertz CT molecular complexity index is 794. The second-order valence-electron chi connectivity index (χ2n) is 6.27. The van der Waals surface area contributed by atoms with Crippen molar-refractivity contribution in [3.05, 3.63) is 43.8 Å². The van der Waals surface area contributed by atoms with Crippen molar-refractivity contribution in [1.29, 1.82) is 0 Å². The molecule has 0 saturated heterocycles. The van der Waals surface area contributed by atoms with E-state index >= 15 is 0 Å². The maximum absolute atomic E-state index is 12.5. The summed E-state index contributed by atoms with van der Waals surface area (Å²) in [6.07, 6.45) is 1.50. The van der Waals surface area contributed by atoms with Gasteiger partial charge in [-0.1, -0.05) is 13.8 Å². The Kier molecular flexibility index (Phi) is 5.43. The predicted molar refractivity (Wildman–Crippen MR) is 97.9 cm³/mol. The predicted octanol–water partition coefficient (Wildman–Crippen LogP) is 3.80. The molecule has 2 N–H and O–H groups in total. The van der Waals surface area contributed by atoms with Crippen LogP contribution in [0.25, 0.3) is 0 Å². The SMILES string of the molecule is Cc1nc(C(C)C)sc1[C@@H](C)N(C)C(=O)Nc1c[nH]c(=O)c(C)c1. The number of anilines is 1. The van der Waals surface area contributed by atoms with Crippen molar-refractivity contribution in [3.8, 4) is 0 Å². The van der Waals surface area contributed by atoms with Crippen LogP contribution in [0.5, 0.6) is 0 Å². The molecule has 1 atom stereocenters. The third-order valence-electron chi connectivity index (χ3n) is 3.96. The first-order valence-electron chi connectivity index (χ1n) is 7.91. The molecule has 2 rings (SSSR count). The molecule has 0 spiro atoms. The zero-order chi connectivity index (χ0) is 18.0. The van der Waals surface area contributed by atoms with Gasteiger partial charge in [-0.15, -0.1) is 11.3 Å². The van der Waals surface area contributed by atoms with Crippen molar-refractivity contribution in [2.45, 2.75) is 46.6 Å². The van der Waals surface area contributed by atoms with E-state index in [0.717, 1.165) is 15.6 Å². The second-order valence-corrected chi connectivity index (χ2v) is 7.34. The standard InChI is InChI=1S/C17H24N4O2S/c1-9(2)16-19-11(4)14(24-16)12(5)21(6)17(23)20-13-7-10(3)15(22)18-8-13/h7-9,12H,1-6H3,(H,18,22)(H,20,23)/t12-/m1/s1. The fraction of sp³-hybridized carbons (Fsp3) is 0.471. The van der Waals surface area contributed by atoms with Crippen LogP contribution in [0.3, 0.4) is 0 Å². The van der Waals surface area contributed by atoms with Gasteiger partial charge in [0.25, 0.3) is 5.56 Å². The molecule has 0 fully saturated rings. The third kappa shape index (κ3) is 3.84. The van der Waals surface area contributed by atoms with E-state index in [1.165, 1.54) is 6.20 Å². The van der Waals surface area contributed by atoms with Crippen LogP contribution in [0.1, 0.15) is 53.9 Å². The van der Waals surface area contributed by atoms with Crippen LogP contribution >= 0.6 is 11.3 Å². The van der Waals surface area contributed by atoms with E-state index in [4.69, 9.17) is 0 Å². The van der Waals surface area contributed by atoms with Crippen LogP contribution in [0, 0.1) is 13.8 Å². The van der Waals surface area contributed by atoms with Crippen molar-refractivity contribution >= 4 is 23.1 Å². The molecule has 2 aromatic heterocycles. The van der Waals surface area contributed by atoms with E-state index in [0.29, 0.717) is 17.2 Å². The molecule has 24 heavy (non-hydrogen) atoms. The first kappa shape index (κ1) is 18.2. The molecule has 2 heterocycles. The molecule has 0 aliphatic rings. The van der Waals surface area contributed by atoms with E-state index in [1.807, 2.05) is 13.8 Å². The molecule has 2 aromatic rings. The molecule has 0 radical (unpaired) electrons. The van der Waals surface area contributed by atoms with E-state index in [2.05, 4.69) is 29.1 Å². The number of hydrogen-bond acceptors (Lipinski definition) is 4. The molecule has 0 bridgehead atoms. The van der Waals surface area contributed by atoms with Crippen molar-refractivity contribution in [1.82, 2.24) is 14.9 Å². The molecule has 7 heteroatoms. The van der Waals surface area contributed by atoms with Gasteiger partial charge in [-0.05, 0) is 26.8 Å². The molecule has 0 saturated carbocycles. The summed E-state index contributed by atoms with van der Waals surface area (Å²) in [5.41, 5.74) is 1.94. The van der Waals surface area contributed by atoms with Gasteiger partial charge in [0.15, 0.2) is 0 Å². The average Bonchev–Trinajstić information content (AvgIpc) is 2.91. The minimum atomic E-state index is -0.229. The number of aryl methyl sites for hydroxylation is 2. The number of hydrogen-bond donors (Lipinski definition) is 2. The van der Waals surface area contributed by atoms with Gasteiger partial charge in [0.2, 0.25) is 0 Å². The molecule has 130 valence electrons. The number of rotatable bonds is 4. The number of aromatic amines is 1. The largest absolute Gasteiger partial charge is 0.327 e. The summed E-state index contributed by atoms with van der Waals surface area (Å²) in [5, 5.41) is 3.89. The fourth-order valence-electron chi connectivity index (χ4n) is 2.30. The van der Waals surface area contributed by atoms with Crippen LogP contribution in [0.4, 0.5) is 10.5 Å². The average molecular weight is 348 g/mol. The molecule has 0 unspecified atom stereocenters. The first-order chi connectivity index (χ1) is 11.2. The number of carbonyl (C=O) groups is 1. The summed E-state index contributed by atoms with van der Waals surface area (Å²) in [7, 11) is 1.76. The molecule has 0 aliphatic carbocycles. The zero-order valence-electron chi connectivity index (χ0n) is 14.9. The van der Waals surface area contributed by atoms with Gasteiger partial charge in [-0.25, -0.2) is 9.78 Å². The lowest BCUT2D eigenvalue weighted by Crippen LogP contribution is -2.33. The second kappa shape index (κ2) is 7.17. The number of nitrogens with zero attached hydrogens (tertiary/aromatic N) is 2. The van der Waals surface area contributed by atoms with Crippen molar-refractivity contribution in [2.75, 3.05) is 12.4 Å². The molecular formula is C17H24N4O2S. The van der Waals surface area contributed by atoms with Crippen LogP contribution in [-0.4, -0.2) is 27.9 Å². The molecule has 6 nitrogen and oxygen atoms in total. The van der Waals surface area contributed by atoms with Gasteiger partial charge in [-0.2, -0.15) is 0 Å². The number of thiazole rings is 1. The minimum absolute atomic E-state index is 0.0844. The lowest BCUT2D eigenvalue weighted by Gasteiger charge is -2.24. The quantitative estimate of drug-likeness (QED) is 0.882. The Morgan fingerprint density at radius 3 is 2.54 bits per heavy atom. The van der Waals surface area contributed by atoms with Gasteiger partial charge >= 0.3 is 6.03 Å². The smallest absolute Gasteiger partial charge is 0.322 e. The number of pyridine rings is 1. The monoisotopic (exact) mass is 348 g/mol. The van der Waals surface area contributed by atoms with Gasteiger partial charge in [0.05, 0.1) is 22.4 Å². The Hall–Kier alpha value is -2.15. The Morgan fingerprint density at radius 1 is 1.33 bits per heavy atom. The molecule has 2 amide bonds. The van der Waals surface area contributed by atoms with Crippen molar-refractivity contribution in [3.63, 3.8) is 0 Å². The number of carbonyl (C=O) groups excluding carboxylic acids is 1. The van der Waals surface area contributed by atoms with Gasteiger partial charge in [0.1, 0.15) is 0 Å². The summed E-state index contributed by atoms with van der Waals surface area (Å²) < 4.78 is 0. The highest BCUT2D eigenvalue weighted by molar-refractivity contribution is 7.11. The van der Waals surface area contributed by atoms with E-state index in [9.17, 15) is 9.59 Å². The Labute approximate surface area is 145 Å². The minimum Gasteiger partial charge on any atom is -0.327 e. The van der Waals surface area contributed by atoms with Crippen LogP contribution < -0.4 is 10.9 Å². The van der Waals surface area contributed by atoms with E-state index in [1.54, 1.807) is 36.3 Å². The number of urea groups is 1. The molecular weight excluding hydrogens is 324 g/mol. The van der Waals surface area contributed by atoms with Gasteiger partial charge in [0, 0.05) is 29.6 Å². The van der Waals surface area contributed by atoms with Crippen molar-refractivity contribution < 1.29 is 4.79 Å². The summed E-state index contributed by atoms with van der Waals surface area (Å²) in [6, 6.07) is 1.34. The van der Waals surface area contributed by atoms with Crippen molar-refractivity contribution in [2.24, 2.45) is 0 Å². The summed E-state index contributed by atoms with van der Waals surface area (Å²) in [4.78, 5) is 33.8. The molecule has 0 aromatic carbocycles. The highest BCUT2D eigenvalue weighted by atomic mass is 32.1. The van der Waals surface area contributed by atoms with E-state index < -0.39 is 0 Å². The van der Waals surface area contributed by atoms with E-state index in [-0.39, 0.29) is 17.6 Å². The maximum Gasteiger partial charge on any atom is 0.322 e. The number of aromatic nitrogens is 2. The fourth-order valence-corrected chi connectivity index (χ4v) is 3.46. The first-order valence-corrected chi connectivity index (χ1v) is 8.72. The zero-order valence-corrected chi connectivity index (χ0v) is 15.7. The molecule has 0 aliphatic heterocycles. The number of nitrogens with one attached hydrogen (secondary N) is 2. The van der Waals surface area contributed by atoms with Gasteiger partial charge in [-0.3, -0.25) is 4.79 Å². The summed E-state index contributed by atoms with van der Waals surface area (Å²) in [5.74, 6) is 0.373. The topological polar surface area (TPSA) is 78.1 Å².